The van der Waals surface area contributed by atoms with Gasteiger partial charge in [-0.1, -0.05) is 17.3 Å². The number of aromatic nitrogens is 3. The average Bonchev–Trinajstić information content (AvgIpc) is 3.13. The minimum atomic E-state index is -1.13. The number of aliphatic carboxylic acids is 1. The van der Waals surface area contributed by atoms with E-state index in [1.54, 1.807) is 76.7 Å². The lowest BCUT2D eigenvalue weighted by Gasteiger charge is -2.22. The molecule has 0 spiro atoms. The molecule has 0 bridgehead atoms. The van der Waals surface area contributed by atoms with Crippen LogP contribution in [0.4, 0.5) is 15.3 Å². The van der Waals surface area contributed by atoms with Gasteiger partial charge in [-0.3, -0.25) is 10.00 Å². The first kappa shape index (κ1) is 26.6. The van der Waals surface area contributed by atoms with Crippen molar-refractivity contribution in [3.8, 4) is 11.3 Å². The van der Waals surface area contributed by atoms with Gasteiger partial charge in [0.1, 0.15) is 22.9 Å². The predicted molar refractivity (Wildman–Crippen MR) is 125 cm³/mol. The molecular weight excluding hydrogens is 442 g/mol. The molecule has 0 aliphatic heterocycles. The van der Waals surface area contributed by atoms with Crippen molar-refractivity contribution in [2.75, 3.05) is 5.32 Å². The summed E-state index contributed by atoms with van der Waals surface area (Å²) >= 11 is 0. The van der Waals surface area contributed by atoms with Crippen molar-refractivity contribution in [2.24, 2.45) is 0 Å². The van der Waals surface area contributed by atoms with Gasteiger partial charge < -0.3 is 19.9 Å². The van der Waals surface area contributed by atoms with E-state index in [1.165, 1.54) is 0 Å². The fourth-order valence-corrected chi connectivity index (χ4v) is 2.85. The number of nitrogens with one attached hydrogen (secondary N) is 2. The number of ether oxygens (including phenoxy) is 2. The van der Waals surface area contributed by atoms with Crippen molar-refractivity contribution in [3.05, 3.63) is 30.5 Å². The molecule has 2 aromatic rings. The molecule has 34 heavy (non-hydrogen) atoms. The topological polar surface area (TPSA) is 145 Å². The van der Waals surface area contributed by atoms with E-state index >= 15 is 0 Å². The second-order valence-corrected chi connectivity index (χ2v) is 9.75. The average molecular weight is 476 g/mol. The Labute approximate surface area is 198 Å². The number of rotatable bonds is 8. The van der Waals surface area contributed by atoms with E-state index in [0.717, 1.165) is 5.56 Å². The molecule has 0 aliphatic rings. The van der Waals surface area contributed by atoms with Gasteiger partial charge in [-0.2, -0.15) is 0 Å². The molecule has 2 rings (SSSR count). The van der Waals surface area contributed by atoms with Gasteiger partial charge >= 0.3 is 18.2 Å². The Morgan fingerprint density at radius 3 is 2.15 bits per heavy atom. The largest absolute Gasteiger partial charge is 0.480 e. The number of aryl methyl sites for hydroxylation is 1. The Balaban J connectivity index is 1.88. The molecule has 0 fully saturated rings. The van der Waals surface area contributed by atoms with Gasteiger partial charge in [-0.05, 0) is 66.5 Å². The SMILES string of the molecule is CC(C)(C)OC(=O)Nc1ccc(-c2cn(CCC[C@H](NC(=O)OC(C)(C)C)C(=O)O)nn2)cc1. The van der Waals surface area contributed by atoms with Crippen LogP contribution >= 0.6 is 0 Å². The van der Waals surface area contributed by atoms with Crippen LogP contribution in [0.3, 0.4) is 0 Å². The molecule has 0 aliphatic carbocycles. The second kappa shape index (κ2) is 11.0. The van der Waals surface area contributed by atoms with Crippen LogP contribution in [0.5, 0.6) is 0 Å². The summed E-state index contributed by atoms with van der Waals surface area (Å²) in [5.74, 6) is -1.13. The van der Waals surface area contributed by atoms with Gasteiger partial charge in [0.05, 0.1) is 6.20 Å². The third kappa shape index (κ3) is 9.47. The van der Waals surface area contributed by atoms with E-state index in [4.69, 9.17) is 9.47 Å². The summed E-state index contributed by atoms with van der Waals surface area (Å²) in [6.07, 6.45) is 1.09. The van der Waals surface area contributed by atoms with Crippen LogP contribution in [0.15, 0.2) is 30.5 Å². The third-order valence-corrected chi connectivity index (χ3v) is 4.23. The van der Waals surface area contributed by atoms with Crippen molar-refractivity contribution in [2.45, 2.75) is 78.2 Å². The molecule has 2 amide bonds. The summed E-state index contributed by atoms with van der Waals surface area (Å²) in [4.78, 5) is 35.2. The first-order chi connectivity index (χ1) is 15.7. The number of anilines is 1. The molecule has 0 saturated carbocycles. The number of carboxylic acids is 1. The van der Waals surface area contributed by atoms with E-state index < -0.39 is 35.4 Å². The lowest BCUT2D eigenvalue weighted by atomic mass is 10.1. The minimum absolute atomic E-state index is 0.203. The highest BCUT2D eigenvalue weighted by Gasteiger charge is 2.23. The van der Waals surface area contributed by atoms with Gasteiger partial charge in [0, 0.05) is 17.8 Å². The molecule has 1 aromatic carbocycles. The molecule has 3 N–H and O–H groups in total. The third-order valence-electron chi connectivity index (χ3n) is 4.23. The first-order valence-electron chi connectivity index (χ1n) is 10.9. The molecule has 0 unspecified atom stereocenters. The summed E-state index contributed by atoms with van der Waals surface area (Å²) in [5, 5.41) is 22.6. The molecule has 186 valence electrons. The fourth-order valence-electron chi connectivity index (χ4n) is 2.85. The maximum Gasteiger partial charge on any atom is 0.412 e. The molecule has 1 atom stereocenters. The standard InChI is InChI=1S/C23H33N5O6/c1-22(2,3)33-20(31)24-16-11-9-15(10-12-16)18-14-28(27-26-18)13-7-8-17(19(29)30)25-21(32)34-23(4,5)6/h9-12,14,17H,7-8,13H2,1-6H3,(H,24,31)(H,25,32)(H,29,30)/t17-/m0/s1. The van der Waals surface area contributed by atoms with E-state index in [1.807, 2.05) is 0 Å². The Bertz CT molecular complexity index is 989. The normalized spacial score (nSPS) is 12.5. The molecule has 11 nitrogen and oxygen atoms in total. The van der Waals surface area contributed by atoms with Gasteiger partial charge in [-0.15, -0.1) is 5.10 Å². The number of nitrogens with zero attached hydrogens (tertiary/aromatic N) is 3. The van der Waals surface area contributed by atoms with Gasteiger partial charge in [0.15, 0.2) is 0 Å². The smallest absolute Gasteiger partial charge is 0.412 e. The minimum Gasteiger partial charge on any atom is -0.480 e. The molecule has 0 saturated heterocycles. The monoisotopic (exact) mass is 475 g/mol. The van der Waals surface area contributed by atoms with E-state index in [0.29, 0.717) is 24.3 Å². The van der Waals surface area contributed by atoms with Crippen molar-refractivity contribution < 1.29 is 29.0 Å². The zero-order valence-corrected chi connectivity index (χ0v) is 20.4. The van der Waals surface area contributed by atoms with Crippen molar-refractivity contribution in [1.29, 1.82) is 0 Å². The number of benzene rings is 1. The van der Waals surface area contributed by atoms with Crippen molar-refractivity contribution in [3.63, 3.8) is 0 Å². The summed E-state index contributed by atoms with van der Waals surface area (Å²) in [5.41, 5.74) is 0.719. The highest BCUT2D eigenvalue weighted by atomic mass is 16.6. The Morgan fingerprint density at radius 2 is 1.59 bits per heavy atom. The summed E-state index contributed by atoms with van der Waals surface area (Å²) in [6.45, 7) is 10.9. The number of hydrogen-bond acceptors (Lipinski definition) is 7. The van der Waals surface area contributed by atoms with Crippen LogP contribution in [0.25, 0.3) is 11.3 Å². The molecule has 1 aromatic heterocycles. The van der Waals surface area contributed by atoms with Crippen molar-refractivity contribution in [1.82, 2.24) is 20.3 Å². The van der Waals surface area contributed by atoms with Crippen LogP contribution in [0, 0.1) is 0 Å². The highest BCUT2D eigenvalue weighted by Crippen LogP contribution is 2.20. The maximum absolute atomic E-state index is 11.9. The van der Waals surface area contributed by atoms with Gasteiger partial charge in [0.25, 0.3) is 0 Å². The number of carbonyl (C=O) groups excluding carboxylic acids is 2. The maximum atomic E-state index is 11.9. The number of hydrogen-bond donors (Lipinski definition) is 3. The first-order valence-corrected chi connectivity index (χ1v) is 10.9. The zero-order chi connectivity index (χ0) is 25.5. The fraction of sp³-hybridized carbons (Fsp3) is 0.522. The Kier molecular flexibility index (Phi) is 8.61. The number of carboxylic acid groups (broad SMARTS) is 1. The highest BCUT2D eigenvalue weighted by molar-refractivity contribution is 5.85. The van der Waals surface area contributed by atoms with Crippen LogP contribution in [-0.4, -0.2) is 55.5 Å². The van der Waals surface area contributed by atoms with Gasteiger partial charge in [0.2, 0.25) is 0 Å². The summed E-state index contributed by atoms with van der Waals surface area (Å²) in [6, 6.07) is 6.00. The molecule has 0 radical (unpaired) electrons. The van der Waals surface area contributed by atoms with Crippen LogP contribution < -0.4 is 10.6 Å². The second-order valence-electron chi connectivity index (χ2n) is 9.75. The summed E-state index contributed by atoms with van der Waals surface area (Å²) in [7, 11) is 0. The molecule has 1 heterocycles. The van der Waals surface area contributed by atoms with Crippen LogP contribution in [0.1, 0.15) is 54.4 Å². The van der Waals surface area contributed by atoms with Crippen LogP contribution in [-0.2, 0) is 20.8 Å². The van der Waals surface area contributed by atoms with E-state index in [-0.39, 0.29) is 6.42 Å². The Hall–Kier alpha value is -3.63. The lowest BCUT2D eigenvalue weighted by Crippen LogP contribution is -2.43. The zero-order valence-electron chi connectivity index (χ0n) is 20.4. The molecule has 11 heteroatoms. The Morgan fingerprint density at radius 1 is 1.00 bits per heavy atom. The summed E-state index contributed by atoms with van der Waals surface area (Å²) < 4.78 is 11.9. The van der Waals surface area contributed by atoms with Crippen molar-refractivity contribution >= 4 is 23.8 Å². The number of amides is 2. The van der Waals surface area contributed by atoms with E-state index in [2.05, 4.69) is 20.9 Å². The van der Waals surface area contributed by atoms with E-state index in [9.17, 15) is 19.5 Å². The number of carbonyl (C=O) groups is 3. The van der Waals surface area contributed by atoms with Crippen LogP contribution in [0.2, 0.25) is 0 Å². The lowest BCUT2D eigenvalue weighted by molar-refractivity contribution is -0.139. The molecular formula is C23H33N5O6. The van der Waals surface area contributed by atoms with Gasteiger partial charge in [-0.25, -0.2) is 14.4 Å². The predicted octanol–water partition coefficient (Wildman–Crippen LogP) is 4.05. The quantitative estimate of drug-likeness (QED) is 0.518. The number of alkyl carbamates (subject to hydrolysis) is 1.